The number of aromatic nitrogens is 2. The molecule has 1 atom stereocenters. The van der Waals surface area contributed by atoms with Crippen LogP contribution in [-0.4, -0.2) is 59.5 Å². The number of hydrogen-bond donors (Lipinski definition) is 3. The van der Waals surface area contributed by atoms with Crippen molar-refractivity contribution in [3.63, 3.8) is 0 Å². The summed E-state index contributed by atoms with van der Waals surface area (Å²) in [6.45, 7) is 2.32. The number of hydrogen-bond acceptors (Lipinski definition) is 6. The SMILES string of the molecule is O=C(NCCN1CCC(O)C1)c1ccc[n+]2c(=O)c3cc4c(cc3[nH]c12)OC(F)(F)O4. The number of rotatable bonds is 4. The number of carbonyl (C=O) groups is 1. The second-order valence-electron chi connectivity index (χ2n) is 7.58. The van der Waals surface area contributed by atoms with Crippen LogP contribution >= 0.6 is 0 Å². The molecule has 11 heteroatoms. The molecule has 0 bridgehead atoms. The molecule has 5 rings (SSSR count). The van der Waals surface area contributed by atoms with Crippen molar-refractivity contribution in [3.8, 4) is 11.5 Å². The Morgan fingerprint density at radius 3 is 2.87 bits per heavy atom. The molecule has 0 spiro atoms. The lowest BCUT2D eigenvalue weighted by Gasteiger charge is -2.14. The van der Waals surface area contributed by atoms with Crippen molar-refractivity contribution in [2.75, 3.05) is 26.2 Å². The van der Waals surface area contributed by atoms with E-state index in [-0.39, 0.29) is 45.6 Å². The molecule has 1 unspecified atom stereocenters. The van der Waals surface area contributed by atoms with Crippen LogP contribution in [0.2, 0.25) is 0 Å². The number of alkyl halides is 2. The molecule has 3 aromatic rings. The maximum atomic E-state index is 13.4. The largest absolute Gasteiger partial charge is 0.586 e. The predicted molar refractivity (Wildman–Crippen MR) is 103 cm³/mol. The number of H-pyrrole nitrogens is 1. The average molecular weight is 433 g/mol. The third kappa shape index (κ3) is 3.55. The summed E-state index contributed by atoms with van der Waals surface area (Å²) in [7, 11) is 0. The Morgan fingerprint density at radius 1 is 1.35 bits per heavy atom. The topological polar surface area (TPSA) is 108 Å². The minimum absolute atomic E-state index is 0.114. The van der Waals surface area contributed by atoms with E-state index in [1.54, 1.807) is 12.1 Å². The van der Waals surface area contributed by atoms with Gasteiger partial charge in [0.1, 0.15) is 16.5 Å². The number of nitrogens with zero attached hydrogens (tertiary/aromatic N) is 2. The van der Waals surface area contributed by atoms with Crippen molar-refractivity contribution in [1.82, 2.24) is 15.2 Å². The summed E-state index contributed by atoms with van der Waals surface area (Å²) in [6, 6.07) is 5.56. The van der Waals surface area contributed by atoms with Gasteiger partial charge in [-0.2, -0.15) is 4.40 Å². The van der Waals surface area contributed by atoms with E-state index in [2.05, 4.69) is 24.7 Å². The standard InChI is InChI=1S/C20H18F2N4O5/c21-20(22)30-15-8-13-14(9-16(15)31-20)24-17-12(2-1-5-26(17)19(13)29)18(28)23-4-7-25-6-3-11(27)10-25/h1-2,5,8-9,11,27H,3-4,6-7,10H2,(H,23,28)/p+1. The van der Waals surface area contributed by atoms with Crippen LogP contribution in [0.3, 0.4) is 0 Å². The molecular formula is C20H19F2N4O5+. The number of aromatic amines is 1. The number of likely N-dealkylation sites (tertiary alicyclic amines) is 1. The van der Waals surface area contributed by atoms with Crippen molar-refractivity contribution in [2.45, 2.75) is 18.8 Å². The van der Waals surface area contributed by atoms with E-state index in [1.807, 2.05) is 0 Å². The molecule has 2 aliphatic heterocycles. The lowest BCUT2D eigenvalue weighted by molar-refractivity contribution is -0.529. The number of benzene rings is 1. The predicted octanol–water partition coefficient (Wildman–Crippen LogP) is 0.385. The van der Waals surface area contributed by atoms with E-state index < -0.39 is 11.9 Å². The maximum absolute atomic E-state index is 13.4. The number of β-amino-alcohol motifs (C(OH)–C–C–N with tert-alkyl or cyclic N) is 1. The highest BCUT2D eigenvalue weighted by Gasteiger charge is 2.44. The van der Waals surface area contributed by atoms with Gasteiger partial charge in [0.15, 0.2) is 11.5 Å². The van der Waals surface area contributed by atoms with Gasteiger partial charge in [-0.1, -0.05) is 0 Å². The number of pyridine rings is 1. The molecule has 4 heterocycles. The van der Waals surface area contributed by atoms with Crippen LogP contribution in [0.5, 0.6) is 11.5 Å². The van der Waals surface area contributed by atoms with Gasteiger partial charge in [0.25, 0.3) is 11.6 Å². The van der Waals surface area contributed by atoms with Crippen LogP contribution in [0.4, 0.5) is 8.78 Å². The molecule has 2 aliphatic rings. The molecule has 3 N–H and O–H groups in total. The van der Waals surface area contributed by atoms with E-state index in [0.29, 0.717) is 26.1 Å². The zero-order valence-electron chi connectivity index (χ0n) is 16.2. The Hall–Kier alpha value is -3.31. The van der Waals surface area contributed by atoms with Crippen molar-refractivity contribution < 1.29 is 32.6 Å². The zero-order chi connectivity index (χ0) is 21.8. The summed E-state index contributed by atoms with van der Waals surface area (Å²) in [6.07, 6.45) is -1.94. The van der Waals surface area contributed by atoms with Gasteiger partial charge in [-0.05, 0) is 18.6 Å². The Labute approximate surface area is 173 Å². The molecule has 162 valence electrons. The highest BCUT2D eigenvalue weighted by molar-refractivity contribution is 5.99. The van der Waals surface area contributed by atoms with Gasteiger partial charge in [0.2, 0.25) is 0 Å². The summed E-state index contributed by atoms with van der Waals surface area (Å²) < 4.78 is 36.9. The number of carbonyl (C=O) groups excluding carboxylic acids is 1. The summed E-state index contributed by atoms with van der Waals surface area (Å²) in [5, 5.41) is 12.5. The van der Waals surface area contributed by atoms with Crippen LogP contribution in [0.15, 0.2) is 35.3 Å². The Kier molecular flexibility index (Phi) is 4.52. The lowest BCUT2D eigenvalue weighted by Crippen LogP contribution is -2.43. The minimum Gasteiger partial charge on any atom is -0.395 e. The molecule has 9 nitrogen and oxygen atoms in total. The third-order valence-electron chi connectivity index (χ3n) is 5.44. The quantitative estimate of drug-likeness (QED) is 0.406. The van der Waals surface area contributed by atoms with Gasteiger partial charge in [0, 0.05) is 38.3 Å². The number of amides is 1. The van der Waals surface area contributed by atoms with E-state index in [0.717, 1.165) is 6.54 Å². The van der Waals surface area contributed by atoms with Gasteiger partial charge < -0.3 is 19.9 Å². The molecular weight excluding hydrogens is 414 g/mol. The van der Waals surface area contributed by atoms with Gasteiger partial charge in [-0.3, -0.25) is 9.69 Å². The van der Waals surface area contributed by atoms with Crippen LogP contribution < -0.4 is 24.8 Å². The number of aliphatic hydroxyl groups is 1. The molecule has 0 aliphatic carbocycles. The summed E-state index contributed by atoms with van der Waals surface area (Å²) in [4.78, 5) is 30.7. The Balaban J connectivity index is 1.47. The smallest absolute Gasteiger partial charge is 0.395 e. The fourth-order valence-electron chi connectivity index (χ4n) is 3.96. The van der Waals surface area contributed by atoms with Gasteiger partial charge >= 0.3 is 11.9 Å². The molecule has 2 aromatic heterocycles. The van der Waals surface area contributed by atoms with Crippen LogP contribution in [0.1, 0.15) is 16.8 Å². The number of nitrogens with one attached hydrogen (secondary N) is 2. The van der Waals surface area contributed by atoms with E-state index in [4.69, 9.17) is 0 Å². The molecule has 1 amide bonds. The van der Waals surface area contributed by atoms with Crippen molar-refractivity contribution in [3.05, 3.63) is 46.4 Å². The second kappa shape index (κ2) is 7.13. The first-order valence-electron chi connectivity index (χ1n) is 9.80. The summed E-state index contributed by atoms with van der Waals surface area (Å²) in [5.41, 5.74) is 0.188. The molecule has 1 fully saturated rings. The van der Waals surface area contributed by atoms with Crippen LogP contribution in [0.25, 0.3) is 16.6 Å². The maximum Gasteiger partial charge on any atom is 0.586 e. The highest BCUT2D eigenvalue weighted by Crippen LogP contribution is 2.42. The zero-order valence-corrected chi connectivity index (χ0v) is 16.2. The van der Waals surface area contributed by atoms with Gasteiger partial charge in [-0.15, -0.1) is 8.78 Å². The Morgan fingerprint density at radius 2 is 2.13 bits per heavy atom. The first-order valence-corrected chi connectivity index (χ1v) is 9.80. The average Bonchev–Trinajstić information content (AvgIpc) is 3.26. The third-order valence-corrected chi connectivity index (χ3v) is 5.44. The minimum atomic E-state index is -3.80. The number of fused-ring (bicyclic) bond motifs is 3. The molecule has 31 heavy (non-hydrogen) atoms. The first-order chi connectivity index (χ1) is 14.8. The van der Waals surface area contributed by atoms with E-state index >= 15 is 0 Å². The van der Waals surface area contributed by atoms with Crippen molar-refractivity contribution in [1.29, 1.82) is 0 Å². The molecule has 0 radical (unpaired) electrons. The Bertz CT molecular complexity index is 1260. The monoisotopic (exact) mass is 433 g/mol. The van der Waals surface area contributed by atoms with E-state index in [9.17, 15) is 23.5 Å². The summed E-state index contributed by atoms with van der Waals surface area (Å²) in [5.74, 6) is -0.823. The number of halogens is 2. The van der Waals surface area contributed by atoms with Crippen LogP contribution in [-0.2, 0) is 0 Å². The lowest BCUT2D eigenvalue weighted by atomic mass is 10.2. The van der Waals surface area contributed by atoms with Gasteiger partial charge in [0.05, 0.1) is 12.3 Å². The fraction of sp³-hybridized carbons (Fsp3) is 0.350. The molecule has 0 saturated carbocycles. The first kappa shape index (κ1) is 19.6. The van der Waals surface area contributed by atoms with E-state index in [1.165, 1.54) is 22.7 Å². The molecule has 1 saturated heterocycles. The van der Waals surface area contributed by atoms with Crippen LogP contribution in [0, 0.1) is 0 Å². The van der Waals surface area contributed by atoms with Crippen molar-refractivity contribution in [2.24, 2.45) is 0 Å². The number of aliphatic hydroxyl groups excluding tert-OH is 1. The van der Waals surface area contributed by atoms with Crippen molar-refractivity contribution >= 4 is 22.5 Å². The molecule has 1 aromatic carbocycles. The van der Waals surface area contributed by atoms with Gasteiger partial charge in [-0.25, -0.2) is 9.78 Å². The number of ether oxygens (including phenoxy) is 2. The highest BCUT2D eigenvalue weighted by atomic mass is 19.3. The normalized spacial score (nSPS) is 19.9. The second-order valence-corrected chi connectivity index (χ2v) is 7.58. The fourth-order valence-corrected chi connectivity index (χ4v) is 3.96. The summed E-state index contributed by atoms with van der Waals surface area (Å²) >= 11 is 0.